The van der Waals surface area contributed by atoms with Crippen molar-refractivity contribution in [3.05, 3.63) is 16.1 Å². The second-order valence-corrected chi connectivity index (χ2v) is 7.44. The number of nitrogens with one attached hydrogen (secondary N) is 1. The quantitative estimate of drug-likeness (QED) is 0.724. The normalized spacial score (nSPS) is 19.0. The van der Waals surface area contributed by atoms with E-state index in [1.807, 2.05) is 0 Å². The lowest BCUT2D eigenvalue weighted by atomic mass is 9.86. The second kappa shape index (κ2) is 7.51. The standard InChI is InChI=1S/C16H21F3N2O4S/c1-10-8-26-12(21-10)15(24,16(17,18)19)7-11(22)20-9-14(13(23)25-2)5-3-4-6-14/h8,24H,3-7,9H2,1-2H3,(H,20,22)/t15-/m0/s1. The summed E-state index contributed by atoms with van der Waals surface area (Å²) in [5, 5.41) is 13.3. The van der Waals surface area contributed by atoms with E-state index in [1.165, 1.54) is 19.4 Å². The van der Waals surface area contributed by atoms with E-state index in [2.05, 4.69) is 10.3 Å². The Morgan fingerprint density at radius 2 is 2.00 bits per heavy atom. The molecule has 2 N–H and O–H groups in total. The lowest BCUT2D eigenvalue weighted by Gasteiger charge is -2.29. The zero-order chi connectivity index (χ0) is 19.6. The molecule has 0 bridgehead atoms. The monoisotopic (exact) mass is 394 g/mol. The third kappa shape index (κ3) is 4.01. The van der Waals surface area contributed by atoms with E-state index in [0.717, 1.165) is 12.8 Å². The van der Waals surface area contributed by atoms with Crippen LogP contribution in [0.15, 0.2) is 5.38 Å². The van der Waals surface area contributed by atoms with Crippen molar-refractivity contribution in [2.24, 2.45) is 5.41 Å². The summed E-state index contributed by atoms with van der Waals surface area (Å²) in [6.07, 6.45) is -3.75. The van der Waals surface area contributed by atoms with Gasteiger partial charge in [0.25, 0.3) is 0 Å². The molecule has 0 radical (unpaired) electrons. The van der Waals surface area contributed by atoms with Crippen molar-refractivity contribution >= 4 is 23.2 Å². The maximum Gasteiger partial charge on any atom is 0.424 e. The molecule has 1 aliphatic carbocycles. The molecular formula is C16H21F3N2O4S. The highest BCUT2D eigenvalue weighted by atomic mass is 32.1. The number of aromatic nitrogens is 1. The molecule has 0 spiro atoms. The van der Waals surface area contributed by atoms with Gasteiger partial charge in [0.1, 0.15) is 5.01 Å². The highest BCUT2D eigenvalue weighted by Gasteiger charge is 2.58. The lowest BCUT2D eigenvalue weighted by molar-refractivity contribution is -0.267. The summed E-state index contributed by atoms with van der Waals surface area (Å²) in [5.41, 5.74) is -3.97. The van der Waals surface area contributed by atoms with Gasteiger partial charge in [0.15, 0.2) is 0 Å². The van der Waals surface area contributed by atoms with Gasteiger partial charge in [-0.25, -0.2) is 4.98 Å². The summed E-state index contributed by atoms with van der Waals surface area (Å²) in [5.74, 6) is -1.50. The van der Waals surface area contributed by atoms with E-state index in [1.54, 1.807) is 0 Å². The number of hydrogen-bond donors (Lipinski definition) is 2. The molecule has 1 fully saturated rings. The fourth-order valence-corrected chi connectivity index (χ4v) is 4.04. The average Bonchev–Trinajstić information content (AvgIpc) is 3.21. The largest absolute Gasteiger partial charge is 0.469 e. The Kier molecular flexibility index (Phi) is 5.96. The third-order valence-electron chi connectivity index (χ3n) is 4.66. The van der Waals surface area contributed by atoms with Crippen molar-refractivity contribution in [3.8, 4) is 0 Å². The number of esters is 1. The minimum absolute atomic E-state index is 0.122. The number of halogens is 3. The molecule has 1 heterocycles. The Balaban J connectivity index is 2.12. The highest BCUT2D eigenvalue weighted by molar-refractivity contribution is 7.09. The van der Waals surface area contributed by atoms with Crippen molar-refractivity contribution in [2.45, 2.75) is 50.8 Å². The van der Waals surface area contributed by atoms with Gasteiger partial charge in [-0.3, -0.25) is 9.59 Å². The highest BCUT2D eigenvalue weighted by Crippen LogP contribution is 2.43. The number of methoxy groups -OCH3 is 1. The number of ether oxygens (including phenoxy) is 1. The Labute approximate surface area is 152 Å². The molecule has 1 atom stereocenters. The van der Waals surface area contributed by atoms with Crippen molar-refractivity contribution < 1.29 is 32.6 Å². The summed E-state index contributed by atoms with van der Waals surface area (Å²) in [4.78, 5) is 27.8. The molecule has 1 aliphatic rings. The van der Waals surface area contributed by atoms with Crippen LogP contribution in [-0.2, 0) is 19.9 Å². The Morgan fingerprint density at radius 1 is 1.38 bits per heavy atom. The summed E-state index contributed by atoms with van der Waals surface area (Å²) < 4.78 is 45.0. The topological polar surface area (TPSA) is 88.5 Å². The molecular weight excluding hydrogens is 373 g/mol. The molecule has 1 amide bonds. The van der Waals surface area contributed by atoms with Crippen LogP contribution in [0, 0.1) is 12.3 Å². The second-order valence-electron chi connectivity index (χ2n) is 6.58. The van der Waals surface area contributed by atoms with Gasteiger partial charge < -0.3 is 15.2 Å². The van der Waals surface area contributed by atoms with E-state index in [4.69, 9.17) is 4.74 Å². The van der Waals surface area contributed by atoms with Crippen LogP contribution in [0.2, 0.25) is 0 Å². The molecule has 6 nitrogen and oxygen atoms in total. The van der Waals surface area contributed by atoms with Gasteiger partial charge in [0, 0.05) is 17.6 Å². The van der Waals surface area contributed by atoms with Gasteiger partial charge in [0.05, 0.1) is 18.9 Å². The fraction of sp³-hybridized carbons (Fsp3) is 0.688. The van der Waals surface area contributed by atoms with Gasteiger partial charge in [-0.1, -0.05) is 12.8 Å². The predicted octanol–water partition coefficient (Wildman–Crippen LogP) is 2.44. The molecule has 1 saturated carbocycles. The molecule has 0 aliphatic heterocycles. The van der Waals surface area contributed by atoms with Crippen LogP contribution in [0.25, 0.3) is 0 Å². The summed E-state index contributed by atoms with van der Waals surface area (Å²) in [6, 6.07) is 0. The number of hydrogen-bond acceptors (Lipinski definition) is 6. The van der Waals surface area contributed by atoms with Gasteiger partial charge in [-0.2, -0.15) is 13.2 Å². The number of amides is 1. The SMILES string of the molecule is COC(=O)C1(CNC(=O)C[C@](O)(c2nc(C)cs2)C(F)(F)F)CCCC1. The first kappa shape index (κ1) is 20.6. The van der Waals surface area contributed by atoms with Crippen LogP contribution < -0.4 is 5.32 Å². The van der Waals surface area contributed by atoms with Crippen molar-refractivity contribution in [3.63, 3.8) is 0 Å². The smallest absolute Gasteiger partial charge is 0.424 e. The summed E-state index contributed by atoms with van der Waals surface area (Å²) >= 11 is 0.641. The van der Waals surface area contributed by atoms with Gasteiger partial charge in [-0.15, -0.1) is 11.3 Å². The maximum atomic E-state index is 13.4. The number of alkyl halides is 3. The molecule has 10 heteroatoms. The number of aryl methyl sites for hydroxylation is 1. The summed E-state index contributed by atoms with van der Waals surface area (Å²) in [6.45, 7) is 1.38. The number of nitrogens with zero attached hydrogens (tertiary/aromatic N) is 1. The Bertz CT molecular complexity index is 671. The van der Waals surface area contributed by atoms with Crippen molar-refractivity contribution in [1.29, 1.82) is 0 Å². The molecule has 1 aromatic heterocycles. The van der Waals surface area contributed by atoms with Crippen LogP contribution in [0.3, 0.4) is 0 Å². The van der Waals surface area contributed by atoms with E-state index >= 15 is 0 Å². The predicted molar refractivity (Wildman–Crippen MR) is 87.3 cm³/mol. The Morgan fingerprint density at radius 3 is 2.46 bits per heavy atom. The van der Waals surface area contributed by atoms with Crippen LogP contribution in [0.1, 0.15) is 42.8 Å². The first-order valence-corrected chi connectivity index (χ1v) is 8.99. The van der Waals surface area contributed by atoms with Crippen LogP contribution in [0.4, 0.5) is 13.2 Å². The number of rotatable bonds is 6. The third-order valence-corrected chi connectivity index (χ3v) is 5.77. The van der Waals surface area contributed by atoms with E-state index in [9.17, 15) is 27.9 Å². The maximum absolute atomic E-state index is 13.4. The van der Waals surface area contributed by atoms with Crippen molar-refractivity contribution in [2.75, 3.05) is 13.7 Å². The molecule has 26 heavy (non-hydrogen) atoms. The van der Waals surface area contributed by atoms with Gasteiger partial charge in [0.2, 0.25) is 11.5 Å². The Hall–Kier alpha value is -1.68. The number of carbonyl (C=O) groups excluding carboxylic acids is 2. The zero-order valence-electron chi connectivity index (χ0n) is 14.5. The zero-order valence-corrected chi connectivity index (χ0v) is 15.3. The molecule has 0 aromatic carbocycles. The first-order chi connectivity index (χ1) is 12.0. The van der Waals surface area contributed by atoms with E-state index in [-0.39, 0.29) is 6.54 Å². The van der Waals surface area contributed by atoms with Crippen LogP contribution in [-0.4, -0.2) is 41.8 Å². The van der Waals surface area contributed by atoms with E-state index < -0.39 is 40.5 Å². The molecule has 1 aromatic rings. The summed E-state index contributed by atoms with van der Waals surface area (Å²) in [7, 11) is 1.23. The lowest BCUT2D eigenvalue weighted by Crippen LogP contribution is -2.48. The molecule has 0 saturated heterocycles. The first-order valence-electron chi connectivity index (χ1n) is 8.11. The minimum Gasteiger partial charge on any atom is -0.469 e. The molecule has 0 unspecified atom stereocenters. The fourth-order valence-electron chi connectivity index (χ4n) is 3.13. The number of carbonyl (C=O) groups is 2. The van der Waals surface area contributed by atoms with Gasteiger partial charge >= 0.3 is 12.1 Å². The number of aliphatic hydroxyl groups is 1. The molecule has 146 valence electrons. The number of thiazole rings is 1. The van der Waals surface area contributed by atoms with E-state index in [0.29, 0.717) is 29.9 Å². The molecule has 2 rings (SSSR count). The minimum atomic E-state index is -5.07. The van der Waals surface area contributed by atoms with Crippen LogP contribution >= 0.6 is 11.3 Å². The van der Waals surface area contributed by atoms with Crippen molar-refractivity contribution in [1.82, 2.24) is 10.3 Å². The average molecular weight is 394 g/mol. The van der Waals surface area contributed by atoms with Gasteiger partial charge in [-0.05, 0) is 19.8 Å². The van der Waals surface area contributed by atoms with Crippen LogP contribution in [0.5, 0.6) is 0 Å².